The van der Waals surface area contributed by atoms with Crippen molar-refractivity contribution >= 4 is 5.97 Å². The zero-order chi connectivity index (χ0) is 19.8. The number of methoxy groups -OCH3 is 3. The monoisotopic (exact) mass is 376 g/mol. The topological polar surface area (TPSA) is 103 Å². The molecule has 0 radical (unpaired) electrons. The third-order valence-corrected chi connectivity index (χ3v) is 3.84. The van der Waals surface area contributed by atoms with Gasteiger partial charge in [0.25, 0.3) is 0 Å². The lowest BCUT2D eigenvalue weighted by atomic mass is 10.1. The van der Waals surface area contributed by atoms with E-state index in [9.17, 15) is 9.90 Å². The van der Waals surface area contributed by atoms with Gasteiger partial charge in [-0.2, -0.15) is 0 Å². The summed E-state index contributed by atoms with van der Waals surface area (Å²) in [5.74, 6) is 0.427. The number of allylic oxidation sites excluding steroid dienone is 1. The lowest BCUT2D eigenvalue weighted by Crippen LogP contribution is -2.14. The third-order valence-electron chi connectivity index (χ3n) is 3.84. The predicted octanol–water partition coefficient (Wildman–Crippen LogP) is 3.12. The van der Waals surface area contributed by atoms with E-state index < -0.39 is 5.97 Å². The van der Waals surface area contributed by atoms with E-state index in [1.165, 1.54) is 21.3 Å². The molecule has 0 amide bonds. The Labute approximate surface area is 157 Å². The van der Waals surface area contributed by atoms with Crippen LogP contribution in [0.4, 0.5) is 0 Å². The highest BCUT2D eigenvalue weighted by atomic mass is 16.5. The standard InChI is InChI=1S/C19H24N2O6/c1-5-6-7-8-20-11-15-21-16(19(22)23)17(27-15)12-9-13(24-2)18(26-4)14(10-12)25-3/h5,9-10,20H,1,6-8,11H2,2-4H3,(H,22,23). The highest BCUT2D eigenvalue weighted by Crippen LogP contribution is 2.42. The van der Waals surface area contributed by atoms with Gasteiger partial charge in [-0.25, -0.2) is 9.78 Å². The number of oxazole rings is 1. The highest BCUT2D eigenvalue weighted by Gasteiger charge is 2.24. The number of unbranched alkanes of at least 4 members (excludes halogenated alkanes) is 1. The molecule has 146 valence electrons. The minimum Gasteiger partial charge on any atom is -0.493 e. The molecule has 8 heteroatoms. The van der Waals surface area contributed by atoms with Crippen LogP contribution in [0.2, 0.25) is 0 Å². The Balaban J connectivity index is 2.36. The fourth-order valence-corrected chi connectivity index (χ4v) is 2.56. The van der Waals surface area contributed by atoms with Crippen molar-refractivity contribution in [2.24, 2.45) is 0 Å². The van der Waals surface area contributed by atoms with Gasteiger partial charge in [0.15, 0.2) is 23.0 Å². The molecule has 2 aromatic rings. The smallest absolute Gasteiger partial charge is 0.358 e. The molecule has 0 unspecified atom stereocenters. The second-order valence-electron chi connectivity index (χ2n) is 5.61. The molecule has 0 atom stereocenters. The summed E-state index contributed by atoms with van der Waals surface area (Å²) in [6, 6.07) is 3.24. The minimum atomic E-state index is -1.18. The Kier molecular flexibility index (Phi) is 7.25. The van der Waals surface area contributed by atoms with Crippen LogP contribution in [-0.4, -0.2) is 43.9 Å². The number of nitrogens with one attached hydrogen (secondary N) is 1. The molecule has 8 nitrogen and oxygen atoms in total. The summed E-state index contributed by atoms with van der Waals surface area (Å²) in [6.45, 7) is 4.74. The van der Waals surface area contributed by atoms with E-state index >= 15 is 0 Å². The van der Waals surface area contributed by atoms with Crippen LogP contribution >= 0.6 is 0 Å². The number of carboxylic acid groups (broad SMARTS) is 1. The lowest BCUT2D eigenvalue weighted by Gasteiger charge is -2.13. The van der Waals surface area contributed by atoms with E-state index in [2.05, 4.69) is 16.9 Å². The predicted molar refractivity (Wildman–Crippen MR) is 99.7 cm³/mol. The lowest BCUT2D eigenvalue weighted by molar-refractivity contribution is 0.0691. The van der Waals surface area contributed by atoms with E-state index in [4.69, 9.17) is 18.6 Å². The van der Waals surface area contributed by atoms with Gasteiger partial charge in [0.2, 0.25) is 11.6 Å². The average molecular weight is 376 g/mol. The summed E-state index contributed by atoms with van der Waals surface area (Å²) < 4.78 is 21.6. The van der Waals surface area contributed by atoms with Gasteiger partial charge in [-0.15, -0.1) is 6.58 Å². The van der Waals surface area contributed by atoms with Crippen molar-refractivity contribution in [1.82, 2.24) is 10.3 Å². The maximum absolute atomic E-state index is 11.6. The molecular formula is C19H24N2O6. The van der Waals surface area contributed by atoms with Crippen molar-refractivity contribution in [2.45, 2.75) is 19.4 Å². The van der Waals surface area contributed by atoms with Crippen LogP contribution in [-0.2, 0) is 6.54 Å². The van der Waals surface area contributed by atoms with Crippen molar-refractivity contribution in [3.05, 3.63) is 36.4 Å². The first-order valence-corrected chi connectivity index (χ1v) is 8.40. The first kappa shape index (κ1) is 20.3. The number of ether oxygens (including phenoxy) is 3. The van der Waals surface area contributed by atoms with Crippen molar-refractivity contribution in [3.63, 3.8) is 0 Å². The Hall–Kier alpha value is -3.00. The van der Waals surface area contributed by atoms with Gasteiger partial charge in [-0.05, 0) is 31.5 Å². The van der Waals surface area contributed by atoms with Gasteiger partial charge < -0.3 is 29.1 Å². The fraction of sp³-hybridized carbons (Fsp3) is 0.368. The summed E-state index contributed by atoms with van der Waals surface area (Å²) in [6.07, 6.45) is 3.67. The normalized spacial score (nSPS) is 10.5. The molecule has 2 N–H and O–H groups in total. The van der Waals surface area contributed by atoms with Crippen LogP contribution in [0.15, 0.2) is 29.2 Å². The average Bonchev–Trinajstić information content (AvgIpc) is 3.11. The van der Waals surface area contributed by atoms with Crippen LogP contribution < -0.4 is 19.5 Å². The number of rotatable bonds is 11. The molecule has 1 aromatic heterocycles. The fourth-order valence-electron chi connectivity index (χ4n) is 2.56. The van der Waals surface area contributed by atoms with Crippen LogP contribution in [0.1, 0.15) is 29.2 Å². The highest BCUT2D eigenvalue weighted by molar-refractivity contribution is 5.92. The molecule has 0 aliphatic heterocycles. The summed E-state index contributed by atoms with van der Waals surface area (Å²) in [5, 5.41) is 12.7. The molecular weight excluding hydrogens is 352 g/mol. The number of carbonyl (C=O) groups is 1. The zero-order valence-corrected chi connectivity index (χ0v) is 15.7. The SMILES string of the molecule is C=CCCCNCc1nc(C(=O)O)c(-c2cc(OC)c(OC)c(OC)c2)o1. The number of nitrogens with zero attached hydrogens (tertiary/aromatic N) is 1. The van der Waals surface area contributed by atoms with E-state index in [1.54, 1.807) is 12.1 Å². The third kappa shape index (κ3) is 4.79. The van der Waals surface area contributed by atoms with Crippen LogP contribution in [0.25, 0.3) is 11.3 Å². The molecule has 0 aliphatic carbocycles. The molecule has 0 saturated carbocycles. The minimum absolute atomic E-state index is 0.129. The molecule has 1 heterocycles. The number of aromatic carboxylic acids is 1. The van der Waals surface area contributed by atoms with Crippen LogP contribution in [0.5, 0.6) is 17.2 Å². The van der Waals surface area contributed by atoms with Crippen molar-refractivity contribution in [3.8, 4) is 28.6 Å². The van der Waals surface area contributed by atoms with E-state index in [1.807, 2.05) is 6.08 Å². The van der Waals surface area contributed by atoms with Gasteiger partial charge in [0, 0.05) is 5.56 Å². The zero-order valence-electron chi connectivity index (χ0n) is 15.7. The number of hydrogen-bond donors (Lipinski definition) is 2. The van der Waals surface area contributed by atoms with Crippen LogP contribution in [0.3, 0.4) is 0 Å². The van der Waals surface area contributed by atoms with Crippen molar-refractivity contribution in [2.75, 3.05) is 27.9 Å². The molecule has 0 fully saturated rings. The summed E-state index contributed by atoms with van der Waals surface area (Å²) in [5.41, 5.74) is 0.291. The van der Waals surface area contributed by atoms with E-state index in [0.717, 1.165) is 19.4 Å². The Bertz CT molecular complexity index is 774. The van der Waals surface area contributed by atoms with Crippen molar-refractivity contribution < 1.29 is 28.5 Å². The van der Waals surface area contributed by atoms with Gasteiger partial charge in [0.05, 0.1) is 27.9 Å². The largest absolute Gasteiger partial charge is 0.493 e. The van der Waals surface area contributed by atoms with Gasteiger partial charge in [0.1, 0.15) is 0 Å². The Morgan fingerprint density at radius 3 is 2.44 bits per heavy atom. The van der Waals surface area contributed by atoms with Crippen molar-refractivity contribution in [1.29, 1.82) is 0 Å². The van der Waals surface area contributed by atoms with E-state index in [-0.39, 0.29) is 17.3 Å². The first-order chi connectivity index (χ1) is 13.0. The maximum Gasteiger partial charge on any atom is 0.358 e. The van der Waals surface area contributed by atoms with Gasteiger partial charge >= 0.3 is 5.97 Å². The van der Waals surface area contributed by atoms with E-state index in [0.29, 0.717) is 29.4 Å². The Morgan fingerprint density at radius 1 is 1.26 bits per heavy atom. The van der Waals surface area contributed by atoms with Crippen LogP contribution in [0, 0.1) is 0 Å². The number of benzene rings is 1. The first-order valence-electron chi connectivity index (χ1n) is 8.40. The number of hydrogen-bond acceptors (Lipinski definition) is 7. The molecule has 0 bridgehead atoms. The summed E-state index contributed by atoms with van der Waals surface area (Å²) >= 11 is 0. The quantitative estimate of drug-likeness (QED) is 0.455. The molecule has 1 aromatic carbocycles. The molecule has 0 spiro atoms. The summed E-state index contributed by atoms with van der Waals surface area (Å²) in [4.78, 5) is 15.7. The molecule has 2 rings (SSSR count). The summed E-state index contributed by atoms with van der Waals surface area (Å²) in [7, 11) is 4.46. The van der Waals surface area contributed by atoms with Gasteiger partial charge in [-0.1, -0.05) is 6.08 Å². The number of aromatic nitrogens is 1. The number of carboxylic acids is 1. The maximum atomic E-state index is 11.6. The molecule has 0 aliphatic rings. The molecule has 27 heavy (non-hydrogen) atoms. The molecule has 0 saturated heterocycles. The second kappa shape index (κ2) is 9.63. The second-order valence-corrected chi connectivity index (χ2v) is 5.61. The Morgan fingerprint density at radius 2 is 1.93 bits per heavy atom. The van der Waals surface area contributed by atoms with Gasteiger partial charge in [-0.3, -0.25) is 0 Å².